The Kier molecular flexibility index (Phi) is 8.04. The molecule has 47 heavy (non-hydrogen) atoms. The first-order chi connectivity index (χ1) is 22.6. The van der Waals surface area contributed by atoms with Crippen molar-refractivity contribution in [1.82, 2.24) is 38.7 Å². The van der Waals surface area contributed by atoms with Crippen LogP contribution in [-0.4, -0.2) is 87.4 Å². The molecule has 0 spiro atoms. The van der Waals surface area contributed by atoms with Crippen LogP contribution in [0.15, 0.2) is 66.1 Å². The number of amides is 2. The van der Waals surface area contributed by atoms with Gasteiger partial charge in [-0.1, -0.05) is 30.3 Å². The van der Waals surface area contributed by atoms with Gasteiger partial charge in [-0.2, -0.15) is 5.10 Å². The molecule has 244 valence electrons. The van der Waals surface area contributed by atoms with Crippen molar-refractivity contribution in [2.75, 3.05) is 26.2 Å². The number of carbonyl (C=O) groups is 2. The van der Waals surface area contributed by atoms with Gasteiger partial charge in [-0.3, -0.25) is 23.6 Å². The van der Waals surface area contributed by atoms with Crippen LogP contribution in [0.1, 0.15) is 46.1 Å². The second-order valence-corrected chi connectivity index (χ2v) is 13.9. The van der Waals surface area contributed by atoms with Crippen molar-refractivity contribution >= 4 is 34.2 Å². The normalized spacial score (nSPS) is 19.7. The second kappa shape index (κ2) is 12.2. The molecule has 1 N–H and O–H groups in total. The van der Waals surface area contributed by atoms with Crippen LogP contribution in [-0.2, 0) is 25.4 Å². The van der Waals surface area contributed by atoms with Crippen LogP contribution in [0.25, 0.3) is 21.6 Å². The number of benzene rings is 1. The number of thiazole rings is 1. The molecule has 5 aromatic rings. The van der Waals surface area contributed by atoms with Gasteiger partial charge >= 0.3 is 0 Å². The Morgan fingerprint density at radius 1 is 1.06 bits per heavy atom. The summed E-state index contributed by atoms with van der Waals surface area (Å²) in [6.45, 7) is 3.66. The summed E-state index contributed by atoms with van der Waals surface area (Å²) in [6, 6.07) is 11.7. The summed E-state index contributed by atoms with van der Waals surface area (Å²) in [7, 11) is 3.69. The Labute approximate surface area is 275 Å². The average Bonchev–Trinajstić information content (AvgIpc) is 3.80. The van der Waals surface area contributed by atoms with Crippen molar-refractivity contribution in [3.05, 3.63) is 87.8 Å². The van der Waals surface area contributed by atoms with Crippen LogP contribution in [0.2, 0.25) is 0 Å². The minimum atomic E-state index is -1.12. The Hall–Kier alpha value is -4.62. The highest BCUT2D eigenvalue weighted by Crippen LogP contribution is 2.37. The van der Waals surface area contributed by atoms with Crippen LogP contribution in [0, 0.1) is 12.8 Å². The van der Waals surface area contributed by atoms with Gasteiger partial charge in [-0.05, 0) is 37.8 Å². The van der Waals surface area contributed by atoms with E-state index >= 15 is 0 Å². The van der Waals surface area contributed by atoms with E-state index in [1.807, 2.05) is 67.3 Å². The third-order valence-corrected chi connectivity index (χ3v) is 10.9. The van der Waals surface area contributed by atoms with E-state index in [0.29, 0.717) is 67.0 Å². The topological polar surface area (TPSA) is 131 Å². The van der Waals surface area contributed by atoms with Crippen molar-refractivity contribution in [1.29, 1.82) is 0 Å². The molecule has 2 atom stereocenters. The van der Waals surface area contributed by atoms with E-state index in [4.69, 9.17) is 0 Å². The zero-order valence-corrected chi connectivity index (χ0v) is 27.6. The van der Waals surface area contributed by atoms with Crippen molar-refractivity contribution in [3.8, 4) is 10.6 Å². The summed E-state index contributed by atoms with van der Waals surface area (Å²) in [5.41, 5.74) is 1.89. The molecule has 12 nitrogen and oxygen atoms in total. The predicted octanol–water partition coefficient (Wildman–Crippen LogP) is 3.20. The fourth-order valence-corrected chi connectivity index (χ4v) is 8.02. The van der Waals surface area contributed by atoms with Crippen LogP contribution in [0.4, 0.5) is 0 Å². The van der Waals surface area contributed by atoms with Crippen LogP contribution >= 0.6 is 11.3 Å². The average molecular weight is 655 g/mol. The first-order valence-electron chi connectivity index (χ1n) is 15.9. The highest BCUT2D eigenvalue weighted by atomic mass is 32.1. The van der Waals surface area contributed by atoms with E-state index < -0.39 is 5.60 Å². The molecule has 4 aromatic heterocycles. The van der Waals surface area contributed by atoms with Gasteiger partial charge in [0, 0.05) is 70.1 Å². The summed E-state index contributed by atoms with van der Waals surface area (Å²) in [5.74, 6) is -0.488. The zero-order chi connectivity index (χ0) is 32.9. The summed E-state index contributed by atoms with van der Waals surface area (Å²) in [5, 5.41) is 17.0. The molecule has 1 aromatic carbocycles. The van der Waals surface area contributed by atoms with Gasteiger partial charge in [0.2, 0.25) is 5.91 Å². The molecule has 6 heterocycles. The van der Waals surface area contributed by atoms with Crippen molar-refractivity contribution in [2.45, 2.75) is 44.2 Å². The number of piperidine rings is 2. The van der Waals surface area contributed by atoms with Gasteiger partial charge in [0.05, 0.1) is 29.4 Å². The van der Waals surface area contributed by atoms with Gasteiger partial charge in [-0.25, -0.2) is 9.97 Å². The maximum atomic E-state index is 14.1. The molecule has 0 aliphatic carbocycles. The number of rotatable bonds is 6. The highest BCUT2D eigenvalue weighted by Gasteiger charge is 2.42. The van der Waals surface area contributed by atoms with Crippen molar-refractivity contribution in [3.63, 3.8) is 0 Å². The fourth-order valence-electron chi connectivity index (χ4n) is 7.01. The number of nitrogens with zero attached hydrogens (tertiary/aromatic N) is 8. The quantitative estimate of drug-likeness (QED) is 0.298. The standard InChI is InChI=1S/C34H38N8O4S/c1-22-28(47-30(37-22)24-17-36-39(3)18-24)33(45)41-14-10-25(27(19-41)23-7-5-4-6-8-23)31(43)40-15-11-34(46,12-16-40)20-42-21-35-29-26(32(42)44)9-13-38(29)2/h4-9,13,17-18,21,25,27,46H,10-12,14-16,19-20H2,1-3H3/t25-,27+/m1/s1. The number of likely N-dealkylation sites (tertiary alicyclic amines) is 2. The number of carbonyl (C=O) groups excluding carboxylic acids is 2. The van der Waals surface area contributed by atoms with Gasteiger partial charge in [0.25, 0.3) is 11.5 Å². The summed E-state index contributed by atoms with van der Waals surface area (Å²) >= 11 is 1.38. The fraction of sp³-hybridized carbons (Fsp3) is 0.412. The number of aromatic nitrogens is 6. The molecule has 2 aliphatic rings. The van der Waals surface area contributed by atoms with Crippen molar-refractivity contribution < 1.29 is 14.7 Å². The largest absolute Gasteiger partial charge is 0.388 e. The molecular formula is C34H38N8O4S. The SMILES string of the molecule is Cc1nc(-c2cnn(C)c2)sc1C(=O)N1CC[C@@H](C(=O)N2CCC(O)(Cn3cnc4c(ccn4C)c3=O)CC2)[C@H](c2ccccc2)C1. The van der Waals surface area contributed by atoms with Crippen LogP contribution < -0.4 is 5.56 Å². The first-order valence-corrected chi connectivity index (χ1v) is 16.7. The zero-order valence-electron chi connectivity index (χ0n) is 26.7. The lowest BCUT2D eigenvalue weighted by Gasteiger charge is -2.43. The number of aliphatic hydroxyl groups is 1. The Morgan fingerprint density at radius 3 is 2.55 bits per heavy atom. The van der Waals surface area contributed by atoms with Crippen molar-refractivity contribution in [2.24, 2.45) is 20.0 Å². The maximum Gasteiger partial charge on any atom is 0.265 e. The molecule has 2 saturated heterocycles. The summed E-state index contributed by atoms with van der Waals surface area (Å²) in [6.07, 6.45) is 8.17. The van der Waals surface area contributed by atoms with Gasteiger partial charge < -0.3 is 19.5 Å². The molecule has 0 saturated carbocycles. The lowest BCUT2D eigenvalue weighted by Crippen LogP contribution is -2.53. The molecule has 0 unspecified atom stereocenters. The molecule has 7 rings (SSSR count). The predicted molar refractivity (Wildman–Crippen MR) is 178 cm³/mol. The first kappa shape index (κ1) is 31.0. The number of fused-ring (bicyclic) bond motifs is 1. The van der Waals surface area contributed by atoms with Crippen LogP contribution in [0.3, 0.4) is 0 Å². The summed E-state index contributed by atoms with van der Waals surface area (Å²) in [4.78, 5) is 54.4. The monoisotopic (exact) mass is 654 g/mol. The van der Waals surface area contributed by atoms with Crippen LogP contribution in [0.5, 0.6) is 0 Å². The van der Waals surface area contributed by atoms with E-state index in [-0.39, 0.29) is 35.8 Å². The van der Waals surface area contributed by atoms with E-state index in [9.17, 15) is 19.5 Å². The molecule has 2 aliphatic heterocycles. The third kappa shape index (κ3) is 5.89. The lowest BCUT2D eigenvalue weighted by atomic mass is 9.79. The van der Waals surface area contributed by atoms with E-state index in [2.05, 4.69) is 15.1 Å². The molecule has 2 fully saturated rings. The molecule has 0 bridgehead atoms. The molecule has 2 amide bonds. The van der Waals surface area contributed by atoms with Gasteiger partial charge in [0.1, 0.15) is 21.9 Å². The second-order valence-electron chi connectivity index (χ2n) is 12.9. The number of aryl methyl sites for hydroxylation is 3. The molecule has 0 radical (unpaired) electrons. The molecule has 13 heteroatoms. The smallest absolute Gasteiger partial charge is 0.265 e. The van der Waals surface area contributed by atoms with E-state index in [0.717, 1.165) is 16.1 Å². The maximum absolute atomic E-state index is 14.1. The number of hydrogen-bond donors (Lipinski definition) is 1. The minimum Gasteiger partial charge on any atom is -0.388 e. The Morgan fingerprint density at radius 2 is 1.83 bits per heavy atom. The summed E-state index contributed by atoms with van der Waals surface area (Å²) < 4.78 is 4.98. The number of hydrogen-bond acceptors (Lipinski definition) is 8. The third-order valence-electron chi connectivity index (χ3n) is 9.71. The highest BCUT2D eigenvalue weighted by molar-refractivity contribution is 7.17. The minimum absolute atomic E-state index is 0.0466. The lowest BCUT2D eigenvalue weighted by molar-refractivity contribution is -0.142. The van der Waals surface area contributed by atoms with E-state index in [1.165, 1.54) is 22.2 Å². The Bertz CT molecular complexity index is 2000. The van der Waals surface area contributed by atoms with E-state index in [1.54, 1.807) is 27.7 Å². The van der Waals surface area contributed by atoms with Gasteiger partial charge in [0.15, 0.2) is 0 Å². The molecular weight excluding hydrogens is 616 g/mol. The Balaban J connectivity index is 1.05. The van der Waals surface area contributed by atoms with Gasteiger partial charge in [-0.15, -0.1) is 11.3 Å².